The van der Waals surface area contributed by atoms with Crippen LogP contribution < -0.4 is 0 Å². The highest BCUT2D eigenvalue weighted by molar-refractivity contribution is 5.97. The molecule has 0 aliphatic rings. The van der Waals surface area contributed by atoms with Gasteiger partial charge in [-0.15, -0.1) is 0 Å². The largest absolute Gasteiger partial charge is 0.506 e. The van der Waals surface area contributed by atoms with E-state index in [2.05, 4.69) is 30.1 Å². The maximum Gasteiger partial charge on any atom is 0.178 e. The lowest BCUT2D eigenvalue weighted by atomic mass is 10.0. The van der Waals surface area contributed by atoms with Crippen molar-refractivity contribution in [2.75, 3.05) is 0 Å². The zero-order chi connectivity index (χ0) is 20.8. The van der Waals surface area contributed by atoms with E-state index in [0.717, 1.165) is 38.7 Å². The second-order valence-corrected chi connectivity index (χ2v) is 7.14. The highest BCUT2D eigenvalue weighted by Crippen LogP contribution is 2.32. The number of hydrogen-bond donors (Lipinski definition) is 3. The van der Waals surface area contributed by atoms with Gasteiger partial charge in [0.05, 0.1) is 17.2 Å². The number of hydrogen-bond acceptors (Lipinski definition) is 6. The molecule has 6 aromatic rings. The van der Waals surface area contributed by atoms with Gasteiger partial charge < -0.3 is 10.1 Å². The molecule has 5 heterocycles. The fourth-order valence-electron chi connectivity index (χ4n) is 3.75. The monoisotopic (exact) mass is 405 g/mol. The summed E-state index contributed by atoms with van der Waals surface area (Å²) in [7, 11) is 0. The number of aromatic amines is 2. The number of nitrogens with one attached hydrogen (secondary N) is 2. The highest BCUT2D eigenvalue weighted by Gasteiger charge is 2.16. The molecule has 0 amide bonds. The van der Waals surface area contributed by atoms with E-state index in [-0.39, 0.29) is 5.75 Å². The van der Waals surface area contributed by atoms with Gasteiger partial charge in [0.15, 0.2) is 11.5 Å². The Morgan fingerprint density at radius 3 is 2.58 bits per heavy atom. The van der Waals surface area contributed by atoms with E-state index in [4.69, 9.17) is 4.98 Å². The van der Waals surface area contributed by atoms with Crippen molar-refractivity contribution in [2.24, 2.45) is 0 Å². The molecule has 0 saturated carbocycles. The summed E-state index contributed by atoms with van der Waals surface area (Å²) in [5.74, 6) is 0.749. The van der Waals surface area contributed by atoms with E-state index in [1.54, 1.807) is 30.9 Å². The molecule has 0 aliphatic heterocycles. The number of rotatable bonds is 3. The molecule has 0 aliphatic carbocycles. The molecule has 0 atom stereocenters. The van der Waals surface area contributed by atoms with Gasteiger partial charge in [-0.3, -0.25) is 15.1 Å². The van der Waals surface area contributed by atoms with E-state index in [1.807, 2.05) is 36.4 Å². The van der Waals surface area contributed by atoms with Crippen LogP contribution in [0.15, 0.2) is 73.4 Å². The van der Waals surface area contributed by atoms with Crippen LogP contribution in [0.2, 0.25) is 0 Å². The Kier molecular flexibility index (Phi) is 3.76. The third-order valence-corrected chi connectivity index (χ3v) is 5.23. The molecule has 0 saturated heterocycles. The molecular weight excluding hydrogens is 390 g/mol. The number of H-pyrrole nitrogens is 2. The molecular formula is C23H15N7O. The van der Waals surface area contributed by atoms with Gasteiger partial charge >= 0.3 is 0 Å². The highest BCUT2D eigenvalue weighted by atomic mass is 16.3. The van der Waals surface area contributed by atoms with Crippen LogP contribution in [0.3, 0.4) is 0 Å². The third kappa shape index (κ3) is 2.89. The minimum Gasteiger partial charge on any atom is -0.506 e. The van der Waals surface area contributed by atoms with E-state index >= 15 is 0 Å². The Hall–Kier alpha value is -4.59. The summed E-state index contributed by atoms with van der Waals surface area (Å²) in [6.45, 7) is 0. The summed E-state index contributed by atoms with van der Waals surface area (Å²) in [4.78, 5) is 20.7. The molecule has 5 aromatic heterocycles. The van der Waals surface area contributed by atoms with Crippen molar-refractivity contribution in [3.05, 3.63) is 73.4 Å². The standard InChI is InChI=1S/C23H15N7O/c31-16-9-15(11-25-12-16)14-1-2-19-18(10-14)21(30-29-19)23-27-20-17(5-8-26-22(20)28-23)13-3-6-24-7-4-13/h1-12,31H,(H,29,30)(H,26,27,28). The molecule has 31 heavy (non-hydrogen) atoms. The van der Waals surface area contributed by atoms with E-state index in [1.165, 1.54) is 6.20 Å². The van der Waals surface area contributed by atoms with Gasteiger partial charge in [0.25, 0.3) is 0 Å². The first-order chi connectivity index (χ1) is 15.3. The van der Waals surface area contributed by atoms with Crippen molar-refractivity contribution >= 4 is 22.1 Å². The number of benzene rings is 1. The first kappa shape index (κ1) is 17.3. The zero-order valence-corrected chi connectivity index (χ0v) is 16.1. The summed E-state index contributed by atoms with van der Waals surface area (Å²) in [5.41, 5.74) is 6.81. The summed E-state index contributed by atoms with van der Waals surface area (Å²) >= 11 is 0. The van der Waals surface area contributed by atoms with Crippen LogP contribution in [0.5, 0.6) is 5.75 Å². The summed E-state index contributed by atoms with van der Waals surface area (Å²) in [5, 5.41) is 18.2. The smallest absolute Gasteiger partial charge is 0.178 e. The van der Waals surface area contributed by atoms with Crippen molar-refractivity contribution in [1.82, 2.24) is 35.1 Å². The second kappa shape index (κ2) is 6.74. The van der Waals surface area contributed by atoms with Crippen LogP contribution in [-0.2, 0) is 0 Å². The fraction of sp³-hybridized carbons (Fsp3) is 0. The minimum absolute atomic E-state index is 0.122. The lowest BCUT2D eigenvalue weighted by molar-refractivity contribution is 0.473. The Morgan fingerprint density at radius 2 is 1.71 bits per heavy atom. The number of pyridine rings is 3. The molecule has 1 aromatic carbocycles. The normalized spacial score (nSPS) is 11.4. The van der Waals surface area contributed by atoms with Gasteiger partial charge in [-0.2, -0.15) is 5.10 Å². The lowest BCUT2D eigenvalue weighted by Gasteiger charge is -2.02. The molecule has 148 valence electrons. The first-order valence-corrected chi connectivity index (χ1v) is 9.64. The van der Waals surface area contributed by atoms with Crippen LogP contribution in [0.4, 0.5) is 0 Å². The summed E-state index contributed by atoms with van der Waals surface area (Å²) in [6, 6.07) is 13.5. The zero-order valence-electron chi connectivity index (χ0n) is 16.1. The Labute approximate surface area is 175 Å². The Morgan fingerprint density at radius 1 is 0.806 bits per heavy atom. The third-order valence-electron chi connectivity index (χ3n) is 5.23. The second-order valence-electron chi connectivity index (χ2n) is 7.14. The van der Waals surface area contributed by atoms with Gasteiger partial charge in [0, 0.05) is 41.3 Å². The molecule has 6 rings (SSSR count). The number of imidazole rings is 1. The number of aromatic nitrogens is 7. The molecule has 0 fully saturated rings. The average molecular weight is 405 g/mol. The SMILES string of the molecule is Oc1cncc(-c2ccc3[nH]nc(-c4nc5nccc(-c6ccncc6)c5[nH]4)c3c2)c1. The fourth-order valence-corrected chi connectivity index (χ4v) is 3.75. The number of aromatic hydroxyl groups is 1. The molecule has 3 N–H and O–H groups in total. The van der Waals surface area contributed by atoms with Gasteiger partial charge in [-0.25, -0.2) is 9.97 Å². The average Bonchev–Trinajstić information content (AvgIpc) is 3.43. The van der Waals surface area contributed by atoms with Crippen molar-refractivity contribution in [3.8, 4) is 39.5 Å². The Balaban J connectivity index is 1.51. The van der Waals surface area contributed by atoms with Gasteiger partial charge in [-0.1, -0.05) is 6.07 Å². The molecule has 0 spiro atoms. The topological polar surface area (TPSA) is 116 Å². The Bertz CT molecular complexity index is 1550. The van der Waals surface area contributed by atoms with Crippen LogP contribution >= 0.6 is 0 Å². The molecule has 0 radical (unpaired) electrons. The van der Waals surface area contributed by atoms with E-state index in [9.17, 15) is 5.11 Å². The predicted molar refractivity (Wildman–Crippen MR) is 117 cm³/mol. The van der Waals surface area contributed by atoms with Crippen molar-refractivity contribution < 1.29 is 5.11 Å². The van der Waals surface area contributed by atoms with E-state index < -0.39 is 0 Å². The quantitative estimate of drug-likeness (QED) is 0.403. The summed E-state index contributed by atoms with van der Waals surface area (Å²) in [6.07, 6.45) is 8.40. The maximum atomic E-state index is 9.77. The van der Waals surface area contributed by atoms with Gasteiger partial charge in [0.2, 0.25) is 0 Å². The first-order valence-electron chi connectivity index (χ1n) is 9.64. The van der Waals surface area contributed by atoms with Crippen LogP contribution in [0, 0.1) is 0 Å². The number of nitrogens with zero attached hydrogens (tertiary/aromatic N) is 5. The lowest BCUT2D eigenvalue weighted by Crippen LogP contribution is -1.84. The molecule has 0 unspecified atom stereocenters. The van der Waals surface area contributed by atoms with Crippen molar-refractivity contribution in [2.45, 2.75) is 0 Å². The minimum atomic E-state index is 0.122. The van der Waals surface area contributed by atoms with Crippen LogP contribution in [-0.4, -0.2) is 40.2 Å². The van der Waals surface area contributed by atoms with Crippen LogP contribution in [0.1, 0.15) is 0 Å². The van der Waals surface area contributed by atoms with Gasteiger partial charge in [0.1, 0.15) is 11.4 Å². The van der Waals surface area contributed by atoms with E-state index in [0.29, 0.717) is 17.2 Å². The van der Waals surface area contributed by atoms with Gasteiger partial charge in [-0.05, 0) is 47.5 Å². The molecule has 0 bridgehead atoms. The number of fused-ring (bicyclic) bond motifs is 2. The van der Waals surface area contributed by atoms with Crippen molar-refractivity contribution in [3.63, 3.8) is 0 Å². The van der Waals surface area contributed by atoms with Crippen molar-refractivity contribution in [1.29, 1.82) is 0 Å². The predicted octanol–water partition coefficient (Wildman–Crippen LogP) is 4.33. The molecule has 8 nitrogen and oxygen atoms in total. The van der Waals surface area contributed by atoms with Crippen LogP contribution in [0.25, 0.3) is 55.8 Å². The summed E-state index contributed by atoms with van der Waals surface area (Å²) < 4.78 is 0. The maximum absolute atomic E-state index is 9.77. The molecule has 8 heteroatoms.